The van der Waals surface area contributed by atoms with Crippen LogP contribution in [-0.4, -0.2) is 14.0 Å². The van der Waals surface area contributed by atoms with Crippen molar-refractivity contribution in [3.05, 3.63) is 59.7 Å². The maximum absolute atomic E-state index is 13.3. The summed E-state index contributed by atoms with van der Waals surface area (Å²) >= 11 is 0. The number of benzene rings is 2. The van der Waals surface area contributed by atoms with E-state index < -0.39 is 15.6 Å². The fraction of sp³-hybridized carbons (Fsp3) is 0.368. The molecule has 3 nitrogen and oxygen atoms in total. The van der Waals surface area contributed by atoms with E-state index in [0.29, 0.717) is 10.8 Å². The van der Waals surface area contributed by atoms with E-state index in [-0.39, 0.29) is 0 Å². The minimum atomic E-state index is -3.59. The van der Waals surface area contributed by atoms with Crippen molar-refractivity contribution >= 4 is 15.7 Å². The van der Waals surface area contributed by atoms with Crippen LogP contribution in [0.3, 0.4) is 0 Å². The highest BCUT2D eigenvalue weighted by atomic mass is 32.2. The first-order chi connectivity index (χ1) is 10.7. The number of nitrogens with zero attached hydrogens (tertiary/aromatic N) is 1. The Morgan fingerprint density at radius 3 is 2.30 bits per heavy atom. The van der Waals surface area contributed by atoms with Gasteiger partial charge < -0.3 is 0 Å². The van der Waals surface area contributed by atoms with Crippen LogP contribution in [0, 0.1) is 6.92 Å². The van der Waals surface area contributed by atoms with E-state index in [2.05, 4.69) is 6.92 Å². The summed E-state index contributed by atoms with van der Waals surface area (Å²) in [6, 6.07) is 14.9. The second-order valence-corrected chi connectivity index (χ2v) is 8.85. The lowest BCUT2D eigenvalue weighted by Gasteiger charge is -2.46. The van der Waals surface area contributed by atoms with Crippen LogP contribution < -0.4 is 4.31 Å². The number of aryl methyl sites for hydroxylation is 1. The maximum atomic E-state index is 13.3. The normalized spacial score (nSPS) is 20.2. The van der Waals surface area contributed by atoms with E-state index in [1.54, 1.807) is 16.4 Å². The predicted octanol–water partition coefficient (Wildman–Crippen LogP) is 4.48. The Morgan fingerprint density at radius 1 is 1.04 bits per heavy atom. The molecule has 3 rings (SSSR count). The lowest BCUT2D eigenvalue weighted by Crippen LogP contribution is -2.51. The van der Waals surface area contributed by atoms with Crippen LogP contribution in [0.25, 0.3) is 0 Å². The summed E-state index contributed by atoms with van der Waals surface area (Å²) in [6.07, 6.45) is 0.801. The van der Waals surface area contributed by atoms with Crippen molar-refractivity contribution in [1.29, 1.82) is 0 Å². The molecule has 0 fully saturated rings. The third-order valence-electron chi connectivity index (χ3n) is 4.60. The van der Waals surface area contributed by atoms with Crippen molar-refractivity contribution in [1.82, 2.24) is 0 Å². The smallest absolute Gasteiger partial charge is 0.260 e. The van der Waals surface area contributed by atoms with Gasteiger partial charge in [0.15, 0.2) is 0 Å². The van der Waals surface area contributed by atoms with Crippen LogP contribution in [-0.2, 0) is 10.0 Å². The largest absolute Gasteiger partial charge is 0.264 e. The Hall–Kier alpha value is -1.81. The topological polar surface area (TPSA) is 37.4 Å². The zero-order valence-corrected chi connectivity index (χ0v) is 14.9. The highest BCUT2D eigenvalue weighted by molar-refractivity contribution is 7.93. The van der Waals surface area contributed by atoms with Crippen molar-refractivity contribution in [3.8, 4) is 0 Å². The highest BCUT2D eigenvalue weighted by Crippen LogP contribution is 2.45. The molecule has 0 saturated carbocycles. The standard InChI is InChI=1S/C19H23NO2S/c1-14-9-11-16(12-10-14)23(21,22)20-18-8-6-5-7-17(18)15(2)13-19(20,3)4/h5-12,15H,13H2,1-4H3. The Bertz CT molecular complexity index is 823. The molecule has 23 heavy (non-hydrogen) atoms. The van der Waals surface area contributed by atoms with E-state index >= 15 is 0 Å². The lowest BCUT2D eigenvalue weighted by molar-refractivity contribution is 0.413. The Balaban J connectivity index is 2.20. The first kappa shape index (κ1) is 16.1. The number of hydrogen-bond donors (Lipinski definition) is 0. The van der Waals surface area contributed by atoms with Gasteiger partial charge in [0.1, 0.15) is 0 Å². The van der Waals surface area contributed by atoms with Gasteiger partial charge in [-0.25, -0.2) is 8.42 Å². The molecule has 122 valence electrons. The Morgan fingerprint density at radius 2 is 1.65 bits per heavy atom. The number of rotatable bonds is 2. The van der Waals surface area contributed by atoms with Gasteiger partial charge in [-0.15, -0.1) is 0 Å². The van der Waals surface area contributed by atoms with Crippen molar-refractivity contribution in [3.63, 3.8) is 0 Å². The Labute approximate surface area is 139 Å². The summed E-state index contributed by atoms with van der Waals surface area (Å²) in [5.74, 6) is 0.339. The summed E-state index contributed by atoms with van der Waals surface area (Å²) in [5, 5.41) is 0. The molecular weight excluding hydrogens is 306 g/mol. The van der Waals surface area contributed by atoms with E-state index in [4.69, 9.17) is 0 Å². The molecule has 1 heterocycles. The van der Waals surface area contributed by atoms with Gasteiger partial charge in [-0.3, -0.25) is 4.31 Å². The van der Waals surface area contributed by atoms with Crippen LogP contribution in [0.2, 0.25) is 0 Å². The molecule has 1 aliphatic rings. The van der Waals surface area contributed by atoms with Gasteiger partial charge in [0, 0.05) is 0 Å². The number of para-hydroxylation sites is 1. The number of fused-ring (bicyclic) bond motifs is 1. The zero-order chi connectivity index (χ0) is 16.8. The summed E-state index contributed by atoms with van der Waals surface area (Å²) in [4.78, 5) is 0.348. The average molecular weight is 329 g/mol. The molecule has 0 spiro atoms. The van der Waals surface area contributed by atoms with E-state index in [0.717, 1.165) is 23.2 Å². The monoisotopic (exact) mass is 329 g/mol. The summed E-state index contributed by atoms with van der Waals surface area (Å²) < 4.78 is 28.2. The molecule has 0 bridgehead atoms. The predicted molar refractivity (Wildman–Crippen MR) is 94.4 cm³/mol. The van der Waals surface area contributed by atoms with Crippen molar-refractivity contribution < 1.29 is 8.42 Å². The van der Waals surface area contributed by atoms with Crippen LogP contribution in [0.5, 0.6) is 0 Å². The molecule has 4 heteroatoms. The van der Waals surface area contributed by atoms with Crippen molar-refractivity contribution in [2.45, 2.75) is 50.5 Å². The van der Waals surface area contributed by atoms with Crippen LogP contribution >= 0.6 is 0 Å². The lowest BCUT2D eigenvalue weighted by atomic mass is 9.82. The first-order valence-corrected chi connectivity index (χ1v) is 9.38. The average Bonchev–Trinajstić information content (AvgIpc) is 2.46. The molecule has 0 aromatic heterocycles. The van der Waals surface area contributed by atoms with Crippen LogP contribution in [0.1, 0.15) is 44.2 Å². The molecule has 0 amide bonds. The molecule has 1 unspecified atom stereocenters. The number of anilines is 1. The number of hydrogen-bond acceptors (Lipinski definition) is 2. The van der Waals surface area contributed by atoms with Gasteiger partial charge in [-0.2, -0.15) is 0 Å². The molecule has 0 N–H and O–H groups in total. The summed E-state index contributed by atoms with van der Waals surface area (Å²) in [5.41, 5.74) is 2.49. The minimum absolute atomic E-state index is 0.339. The second-order valence-electron chi connectivity index (χ2n) is 7.06. The van der Waals surface area contributed by atoms with Crippen molar-refractivity contribution in [2.75, 3.05) is 4.31 Å². The van der Waals surface area contributed by atoms with Gasteiger partial charge >= 0.3 is 0 Å². The van der Waals surface area contributed by atoms with Gasteiger partial charge in [-0.05, 0) is 56.9 Å². The van der Waals surface area contributed by atoms with Gasteiger partial charge in [0.25, 0.3) is 10.0 Å². The van der Waals surface area contributed by atoms with Crippen LogP contribution in [0.4, 0.5) is 5.69 Å². The second kappa shape index (κ2) is 5.38. The molecule has 1 aliphatic heterocycles. The molecule has 0 radical (unpaired) electrons. The van der Waals surface area contributed by atoms with Gasteiger partial charge in [-0.1, -0.05) is 42.8 Å². The molecule has 1 atom stereocenters. The highest BCUT2D eigenvalue weighted by Gasteiger charge is 2.43. The quantitative estimate of drug-likeness (QED) is 0.815. The fourth-order valence-corrected chi connectivity index (χ4v) is 5.47. The van der Waals surface area contributed by atoms with E-state index in [1.165, 1.54) is 0 Å². The minimum Gasteiger partial charge on any atom is -0.260 e. The van der Waals surface area contributed by atoms with Gasteiger partial charge in [0.2, 0.25) is 0 Å². The molecule has 2 aromatic rings. The Kier molecular flexibility index (Phi) is 3.75. The number of sulfonamides is 1. The van der Waals surface area contributed by atoms with Crippen molar-refractivity contribution in [2.24, 2.45) is 0 Å². The summed E-state index contributed by atoms with van der Waals surface area (Å²) in [6.45, 7) is 8.13. The molecule has 0 aliphatic carbocycles. The zero-order valence-electron chi connectivity index (χ0n) is 14.1. The molecular formula is C19H23NO2S. The SMILES string of the molecule is Cc1ccc(S(=O)(=O)N2c3ccccc3C(C)CC2(C)C)cc1. The van der Waals surface area contributed by atoms with Crippen LogP contribution in [0.15, 0.2) is 53.4 Å². The molecule has 2 aromatic carbocycles. The van der Waals surface area contributed by atoms with E-state index in [1.807, 2.05) is 57.2 Å². The fourth-order valence-electron chi connectivity index (χ4n) is 3.63. The maximum Gasteiger partial charge on any atom is 0.264 e. The van der Waals surface area contributed by atoms with E-state index in [9.17, 15) is 8.42 Å². The third-order valence-corrected chi connectivity index (χ3v) is 6.64. The third kappa shape index (κ3) is 2.65. The summed E-state index contributed by atoms with van der Waals surface area (Å²) in [7, 11) is -3.59. The molecule has 0 saturated heterocycles. The van der Waals surface area contributed by atoms with Gasteiger partial charge in [0.05, 0.1) is 16.1 Å². The first-order valence-electron chi connectivity index (χ1n) is 7.94.